The summed E-state index contributed by atoms with van der Waals surface area (Å²) in [6.45, 7) is 2.12. The van der Waals surface area contributed by atoms with Gasteiger partial charge in [0.2, 0.25) is 5.28 Å². The van der Waals surface area contributed by atoms with E-state index in [2.05, 4.69) is 21.4 Å². The average molecular weight is 393 g/mol. The van der Waals surface area contributed by atoms with Crippen molar-refractivity contribution in [2.45, 2.75) is 51.0 Å². The molecule has 0 amide bonds. The maximum atomic E-state index is 15.1. The smallest absolute Gasteiger partial charge is 0.311 e. The maximum Gasteiger partial charge on any atom is 0.311 e. The number of carbonyl (C=O) groups excluding carboxylic acids is 1. The van der Waals surface area contributed by atoms with Gasteiger partial charge in [-0.2, -0.15) is 10.2 Å². The minimum Gasteiger partial charge on any atom is -0.466 e. The van der Waals surface area contributed by atoms with E-state index < -0.39 is 5.82 Å². The number of hydrogen-bond acceptors (Lipinski definition) is 6. The van der Waals surface area contributed by atoms with Gasteiger partial charge in [0, 0.05) is 12.0 Å². The predicted octanol–water partition coefficient (Wildman–Crippen LogP) is 3.68. The van der Waals surface area contributed by atoms with Gasteiger partial charge in [-0.15, -0.1) is 0 Å². The minimum atomic E-state index is -0.564. The van der Waals surface area contributed by atoms with Crippen molar-refractivity contribution in [3.63, 3.8) is 0 Å². The minimum absolute atomic E-state index is 0.0282. The first-order valence-corrected chi connectivity index (χ1v) is 9.97. The Bertz CT molecular complexity index is 791. The molecule has 2 unspecified atom stereocenters. The number of carbonyl (C=O) groups is 1. The van der Waals surface area contributed by atoms with Gasteiger partial charge in [0.25, 0.3) is 0 Å². The van der Waals surface area contributed by atoms with Crippen LogP contribution in [0, 0.1) is 40.8 Å². The Morgan fingerprint density at radius 3 is 2.67 bits per heavy atom. The third kappa shape index (κ3) is 3.36. The Labute approximate surface area is 162 Å². The van der Waals surface area contributed by atoms with E-state index in [-0.39, 0.29) is 58.4 Å². The fraction of sp³-hybridized carbons (Fsp3) is 0.684. The summed E-state index contributed by atoms with van der Waals surface area (Å²) in [5.74, 6) is -1.01. The van der Waals surface area contributed by atoms with Crippen molar-refractivity contribution >= 4 is 23.4 Å². The summed E-state index contributed by atoms with van der Waals surface area (Å²) in [5, 5.41) is 12.2. The highest BCUT2D eigenvalue weighted by Crippen LogP contribution is 2.49. The molecule has 4 aliphatic rings. The van der Waals surface area contributed by atoms with E-state index in [1.165, 1.54) is 0 Å². The molecule has 1 aromatic rings. The van der Waals surface area contributed by atoms with Crippen molar-refractivity contribution < 1.29 is 13.9 Å². The number of hydrogen-bond donors (Lipinski definition) is 1. The molecule has 1 aromatic heterocycles. The number of esters is 1. The molecule has 1 N–H and O–H groups in total. The van der Waals surface area contributed by atoms with Crippen LogP contribution in [0.1, 0.15) is 50.6 Å². The second kappa shape index (κ2) is 7.23. The largest absolute Gasteiger partial charge is 0.466 e. The van der Waals surface area contributed by atoms with Crippen LogP contribution in [-0.4, -0.2) is 28.6 Å². The molecule has 4 fully saturated rings. The van der Waals surface area contributed by atoms with Gasteiger partial charge in [-0.05, 0) is 62.5 Å². The maximum absolute atomic E-state index is 15.1. The third-order valence-electron chi connectivity index (χ3n) is 6.24. The normalized spacial score (nSPS) is 34.0. The van der Waals surface area contributed by atoms with Gasteiger partial charge in [-0.1, -0.05) is 0 Å². The van der Waals surface area contributed by atoms with Crippen LogP contribution in [0.3, 0.4) is 0 Å². The van der Waals surface area contributed by atoms with Crippen molar-refractivity contribution in [1.82, 2.24) is 9.97 Å². The van der Waals surface area contributed by atoms with E-state index >= 15 is 4.39 Å². The zero-order chi connectivity index (χ0) is 19.1. The Balaban J connectivity index is 1.62. The molecule has 5 rings (SSSR count). The van der Waals surface area contributed by atoms with Gasteiger partial charge < -0.3 is 10.1 Å². The first-order valence-electron chi connectivity index (χ1n) is 9.59. The van der Waals surface area contributed by atoms with E-state index in [0.717, 1.165) is 25.7 Å². The van der Waals surface area contributed by atoms with Gasteiger partial charge in [0.05, 0.1) is 30.2 Å². The van der Waals surface area contributed by atoms with Crippen LogP contribution in [0.2, 0.25) is 5.28 Å². The number of halogens is 2. The topological polar surface area (TPSA) is 87.9 Å². The van der Waals surface area contributed by atoms with Gasteiger partial charge in [-0.3, -0.25) is 4.79 Å². The Morgan fingerprint density at radius 1 is 1.33 bits per heavy atom. The quantitative estimate of drug-likeness (QED) is 0.607. The zero-order valence-electron chi connectivity index (χ0n) is 15.1. The lowest BCUT2D eigenvalue weighted by molar-refractivity contribution is -0.154. The lowest BCUT2D eigenvalue weighted by Gasteiger charge is -2.47. The van der Waals surface area contributed by atoms with E-state index in [0.29, 0.717) is 13.0 Å². The number of nitriles is 1. The summed E-state index contributed by atoms with van der Waals surface area (Å²) in [7, 11) is 0. The lowest BCUT2D eigenvalue weighted by Crippen LogP contribution is -2.52. The summed E-state index contributed by atoms with van der Waals surface area (Å²) >= 11 is 6.03. The molecule has 27 heavy (non-hydrogen) atoms. The van der Waals surface area contributed by atoms with Crippen LogP contribution in [-0.2, 0) is 9.53 Å². The molecule has 6 nitrogen and oxygen atoms in total. The van der Waals surface area contributed by atoms with Crippen LogP contribution < -0.4 is 5.32 Å². The molecule has 144 valence electrons. The molecule has 4 saturated carbocycles. The summed E-state index contributed by atoms with van der Waals surface area (Å²) < 4.78 is 20.3. The van der Waals surface area contributed by atoms with Crippen molar-refractivity contribution in [3.8, 4) is 6.07 Å². The SMILES string of the molecule is CCOC(=O)[C@H]1C2CCC(CC2)[C@@H]1Nc1nc(Cl)nc(C2CC2C#N)c1F. The number of nitrogens with one attached hydrogen (secondary N) is 1. The molecular weight excluding hydrogens is 371 g/mol. The first-order chi connectivity index (χ1) is 13.0. The number of nitrogens with zero attached hydrogens (tertiary/aromatic N) is 3. The second-order valence-corrected chi connectivity index (χ2v) is 8.08. The van der Waals surface area contributed by atoms with Crippen LogP contribution in [0.4, 0.5) is 10.2 Å². The molecule has 0 aromatic carbocycles. The van der Waals surface area contributed by atoms with E-state index in [9.17, 15) is 4.79 Å². The molecule has 0 spiro atoms. The van der Waals surface area contributed by atoms with Crippen molar-refractivity contribution in [2.75, 3.05) is 11.9 Å². The molecule has 4 atom stereocenters. The molecule has 1 heterocycles. The number of anilines is 1. The van der Waals surface area contributed by atoms with Gasteiger partial charge in [0.15, 0.2) is 11.6 Å². The molecule has 8 heteroatoms. The Morgan fingerprint density at radius 2 is 2.04 bits per heavy atom. The third-order valence-corrected chi connectivity index (χ3v) is 6.41. The standard InChI is InChI=1S/C19H22ClFN4O2/c1-2-27-18(26)13-9-3-5-10(6-4-9)15(13)23-17-14(21)16(24-19(20)25-17)12-7-11(12)8-22/h9-13,15H,2-7H2,1H3,(H,23,24,25)/t9?,10?,11?,12?,13-,15-/m0/s1. The van der Waals surface area contributed by atoms with Crippen LogP contribution in [0.5, 0.6) is 0 Å². The number of ether oxygens (including phenoxy) is 1. The van der Waals surface area contributed by atoms with Gasteiger partial charge in [-0.25, -0.2) is 9.37 Å². The highest BCUT2D eigenvalue weighted by atomic mass is 35.5. The van der Waals surface area contributed by atoms with E-state index in [1.807, 2.05) is 0 Å². The average Bonchev–Trinajstić information content (AvgIpc) is 3.45. The summed E-state index contributed by atoms with van der Waals surface area (Å²) in [4.78, 5) is 20.6. The number of aromatic nitrogens is 2. The molecule has 0 radical (unpaired) electrons. The first kappa shape index (κ1) is 18.4. The van der Waals surface area contributed by atoms with Gasteiger partial charge >= 0.3 is 5.97 Å². The molecule has 0 saturated heterocycles. The van der Waals surface area contributed by atoms with Crippen molar-refractivity contribution in [1.29, 1.82) is 5.26 Å². The Kier molecular flexibility index (Phi) is 4.94. The highest BCUT2D eigenvalue weighted by Gasteiger charge is 2.49. The summed E-state index contributed by atoms with van der Waals surface area (Å²) in [5.41, 5.74) is 0.192. The number of rotatable bonds is 5. The van der Waals surface area contributed by atoms with Crippen LogP contribution in [0.25, 0.3) is 0 Å². The summed E-state index contributed by atoms with van der Waals surface area (Å²) in [6.07, 6.45) is 4.59. The molecule has 0 aliphatic heterocycles. The molecule has 2 bridgehead atoms. The fourth-order valence-electron chi connectivity index (χ4n) is 4.81. The van der Waals surface area contributed by atoms with E-state index in [1.54, 1.807) is 6.92 Å². The van der Waals surface area contributed by atoms with Crippen LogP contribution >= 0.6 is 11.6 Å². The van der Waals surface area contributed by atoms with Crippen molar-refractivity contribution in [2.24, 2.45) is 23.7 Å². The molecular formula is C19H22ClFN4O2. The monoisotopic (exact) mass is 392 g/mol. The second-order valence-electron chi connectivity index (χ2n) is 7.74. The van der Waals surface area contributed by atoms with E-state index in [4.69, 9.17) is 21.6 Å². The highest BCUT2D eigenvalue weighted by molar-refractivity contribution is 6.28. The van der Waals surface area contributed by atoms with Gasteiger partial charge in [0.1, 0.15) is 0 Å². The number of fused-ring (bicyclic) bond motifs is 3. The molecule has 4 aliphatic carbocycles. The Hall–Kier alpha value is -1.94. The predicted molar refractivity (Wildman–Crippen MR) is 96.4 cm³/mol. The summed E-state index contributed by atoms with van der Waals surface area (Å²) in [6, 6.07) is 1.92. The fourth-order valence-corrected chi connectivity index (χ4v) is 4.99. The van der Waals surface area contributed by atoms with Crippen molar-refractivity contribution in [3.05, 3.63) is 16.8 Å². The zero-order valence-corrected chi connectivity index (χ0v) is 15.9. The van der Waals surface area contributed by atoms with Crippen LogP contribution in [0.15, 0.2) is 0 Å². The lowest BCUT2D eigenvalue weighted by atomic mass is 9.61.